The van der Waals surface area contributed by atoms with Crippen molar-refractivity contribution in [2.45, 2.75) is 6.04 Å². The number of benzene rings is 2. The minimum absolute atomic E-state index is 0.109. The second-order valence-electron chi connectivity index (χ2n) is 7.60. The molecule has 4 N–H and O–H groups in total. The summed E-state index contributed by atoms with van der Waals surface area (Å²) in [5.41, 5.74) is 8.50. The molecule has 0 aliphatic rings. The third-order valence-electron chi connectivity index (χ3n) is 5.34. The molecule has 4 rings (SSSR count). The Morgan fingerprint density at radius 3 is 2.62 bits per heavy atom. The lowest BCUT2D eigenvalue weighted by atomic mass is 10.0. The highest BCUT2D eigenvalue weighted by Gasteiger charge is 2.20. The van der Waals surface area contributed by atoms with Crippen LogP contribution < -0.4 is 11.1 Å². The number of anilines is 1. The van der Waals surface area contributed by atoms with E-state index in [0.717, 1.165) is 23.4 Å². The molecule has 4 aromatic rings. The lowest BCUT2D eigenvalue weighted by Crippen LogP contribution is -2.31. The molecular weight excluding hydrogens is 464 g/mol. The number of amides is 1. The number of aryl methyl sites for hydroxylation is 1. The van der Waals surface area contributed by atoms with E-state index in [1.165, 1.54) is 18.2 Å². The van der Waals surface area contributed by atoms with Gasteiger partial charge < -0.3 is 16.2 Å². The SMILES string of the molecule is Cn1nccc1-c1cnc(N)c(-c2ccc(C(=O)NC(CO)c3cc(F)cc(Cl)c3)c(F)c2)c1. The Morgan fingerprint density at radius 2 is 1.97 bits per heavy atom. The van der Waals surface area contributed by atoms with Crippen LogP contribution in [0.3, 0.4) is 0 Å². The Hall–Kier alpha value is -3.82. The average molecular weight is 484 g/mol. The van der Waals surface area contributed by atoms with Gasteiger partial charge in [0.1, 0.15) is 17.5 Å². The van der Waals surface area contributed by atoms with Gasteiger partial charge in [0.15, 0.2) is 0 Å². The number of aromatic nitrogens is 3. The van der Waals surface area contributed by atoms with Crippen LogP contribution in [-0.4, -0.2) is 32.4 Å². The maximum absolute atomic E-state index is 15.0. The molecule has 7 nitrogen and oxygen atoms in total. The van der Waals surface area contributed by atoms with E-state index in [1.807, 2.05) is 6.07 Å². The predicted molar refractivity (Wildman–Crippen MR) is 125 cm³/mol. The van der Waals surface area contributed by atoms with Crippen LogP contribution in [0.1, 0.15) is 22.0 Å². The summed E-state index contributed by atoms with van der Waals surface area (Å²) in [7, 11) is 1.79. The number of pyridine rings is 1. The summed E-state index contributed by atoms with van der Waals surface area (Å²) in [6, 6.07) is 10.3. The summed E-state index contributed by atoms with van der Waals surface area (Å²) in [5, 5.41) is 16.4. The average Bonchev–Trinajstić information content (AvgIpc) is 3.22. The van der Waals surface area contributed by atoms with Gasteiger partial charge in [-0.25, -0.2) is 13.8 Å². The number of hydrogen-bond donors (Lipinski definition) is 3. The topological polar surface area (TPSA) is 106 Å². The summed E-state index contributed by atoms with van der Waals surface area (Å²) in [6.45, 7) is -0.534. The van der Waals surface area contributed by atoms with Crippen LogP contribution in [0.4, 0.5) is 14.6 Å². The highest BCUT2D eigenvalue weighted by Crippen LogP contribution is 2.30. The van der Waals surface area contributed by atoms with Crippen LogP contribution in [-0.2, 0) is 7.05 Å². The fourth-order valence-corrected chi connectivity index (χ4v) is 3.85. The van der Waals surface area contributed by atoms with Crippen LogP contribution >= 0.6 is 11.6 Å². The minimum atomic E-state index is -0.977. The van der Waals surface area contributed by atoms with Crippen molar-refractivity contribution in [2.24, 2.45) is 7.05 Å². The van der Waals surface area contributed by atoms with Crippen LogP contribution in [0.5, 0.6) is 0 Å². The Labute approximate surface area is 198 Å². The van der Waals surface area contributed by atoms with E-state index in [-0.39, 0.29) is 22.0 Å². The van der Waals surface area contributed by atoms with Crippen LogP contribution in [0.15, 0.2) is 60.9 Å². The molecule has 10 heteroatoms. The van der Waals surface area contributed by atoms with E-state index in [9.17, 15) is 18.7 Å². The van der Waals surface area contributed by atoms with E-state index in [4.69, 9.17) is 17.3 Å². The summed E-state index contributed by atoms with van der Waals surface area (Å²) in [4.78, 5) is 16.9. The third-order valence-corrected chi connectivity index (χ3v) is 5.55. The second kappa shape index (κ2) is 9.58. The number of halogens is 3. The van der Waals surface area contributed by atoms with Gasteiger partial charge in [-0.15, -0.1) is 0 Å². The van der Waals surface area contributed by atoms with E-state index >= 15 is 0 Å². The van der Waals surface area contributed by atoms with Crippen molar-refractivity contribution in [3.05, 3.63) is 88.7 Å². The molecule has 0 radical (unpaired) electrons. The van der Waals surface area contributed by atoms with Crippen molar-refractivity contribution in [3.8, 4) is 22.4 Å². The maximum atomic E-state index is 15.0. The van der Waals surface area contributed by atoms with Crippen molar-refractivity contribution >= 4 is 23.3 Å². The fourth-order valence-electron chi connectivity index (χ4n) is 3.62. The van der Waals surface area contributed by atoms with Crippen LogP contribution in [0, 0.1) is 11.6 Å². The number of nitrogens with zero attached hydrogens (tertiary/aromatic N) is 3. The lowest BCUT2D eigenvalue weighted by molar-refractivity contribution is 0.0912. The Bertz CT molecular complexity index is 1360. The monoisotopic (exact) mass is 483 g/mol. The van der Waals surface area contributed by atoms with E-state index in [2.05, 4.69) is 15.4 Å². The lowest BCUT2D eigenvalue weighted by Gasteiger charge is -2.18. The molecule has 0 fully saturated rings. The molecule has 1 unspecified atom stereocenters. The largest absolute Gasteiger partial charge is 0.394 e. The van der Waals surface area contributed by atoms with Gasteiger partial charge >= 0.3 is 0 Å². The smallest absolute Gasteiger partial charge is 0.254 e. The van der Waals surface area contributed by atoms with Gasteiger partial charge in [0.25, 0.3) is 5.91 Å². The number of nitrogen functional groups attached to an aromatic ring is 1. The van der Waals surface area contributed by atoms with Gasteiger partial charge in [0, 0.05) is 35.6 Å². The van der Waals surface area contributed by atoms with Gasteiger partial charge in [-0.3, -0.25) is 9.48 Å². The molecule has 0 saturated heterocycles. The molecule has 0 aliphatic carbocycles. The second-order valence-corrected chi connectivity index (χ2v) is 8.04. The van der Waals surface area contributed by atoms with Gasteiger partial charge in [0.05, 0.1) is 23.9 Å². The van der Waals surface area contributed by atoms with Crippen molar-refractivity contribution < 1.29 is 18.7 Å². The highest BCUT2D eigenvalue weighted by atomic mass is 35.5. The van der Waals surface area contributed by atoms with Crippen LogP contribution in [0.25, 0.3) is 22.4 Å². The predicted octanol–water partition coefficient (Wildman–Crippen LogP) is 4.13. The first-order valence-electron chi connectivity index (χ1n) is 10.2. The molecule has 2 aromatic carbocycles. The van der Waals surface area contributed by atoms with Gasteiger partial charge in [-0.2, -0.15) is 5.10 Å². The van der Waals surface area contributed by atoms with E-state index in [0.29, 0.717) is 11.1 Å². The number of hydrogen-bond acceptors (Lipinski definition) is 5. The molecule has 34 heavy (non-hydrogen) atoms. The zero-order valence-electron chi connectivity index (χ0n) is 18.0. The Kier molecular flexibility index (Phi) is 6.58. The molecule has 1 amide bonds. The first-order chi connectivity index (χ1) is 16.3. The molecule has 0 saturated carbocycles. The quantitative estimate of drug-likeness (QED) is 0.382. The molecule has 174 valence electrons. The number of nitrogens with two attached hydrogens (primary N) is 1. The Balaban J connectivity index is 1.61. The fraction of sp³-hybridized carbons (Fsp3) is 0.125. The summed E-state index contributed by atoms with van der Waals surface area (Å²) in [6.07, 6.45) is 3.25. The van der Waals surface area contributed by atoms with Gasteiger partial charge in [-0.05, 0) is 53.6 Å². The minimum Gasteiger partial charge on any atom is -0.394 e. The van der Waals surface area contributed by atoms with Gasteiger partial charge in [0.2, 0.25) is 0 Å². The molecule has 0 spiro atoms. The van der Waals surface area contributed by atoms with Gasteiger partial charge in [-0.1, -0.05) is 17.7 Å². The number of aliphatic hydroxyl groups excluding tert-OH is 1. The molecule has 0 bridgehead atoms. The van der Waals surface area contributed by atoms with Crippen molar-refractivity contribution in [2.75, 3.05) is 12.3 Å². The third kappa shape index (κ3) is 4.75. The normalized spacial score (nSPS) is 11.9. The zero-order chi connectivity index (χ0) is 24.4. The number of nitrogens with one attached hydrogen (secondary N) is 1. The summed E-state index contributed by atoms with van der Waals surface area (Å²) < 4.78 is 30.3. The standard InChI is InChI=1S/C24H20ClF2N5O2/c1-32-22(4-5-30-32)15-8-19(23(28)29-11-15)13-2-3-18(20(27)9-13)24(34)31-21(12-33)14-6-16(25)10-17(26)7-14/h2-11,21,33H,12H2,1H3,(H2,28,29)(H,31,34). The number of rotatable bonds is 6. The van der Waals surface area contributed by atoms with Crippen molar-refractivity contribution in [3.63, 3.8) is 0 Å². The number of carbonyl (C=O) groups excluding carboxylic acids is 1. The molecule has 1 atom stereocenters. The van der Waals surface area contributed by atoms with E-state index in [1.54, 1.807) is 36.3 Å². The number of carbonyl (C=O) groups is 1. The molecular formula is C24H20ClF2N5O2. The maximum Gasteiger partial charge on any atom is 0.254 e. The molecule has 0 aliphatic heterocycles. The molecule has 2 aromatic heterocycles. The molecule has 2 heterocycles. The van der Waals surface area contributed by atoms with Crippen LogP contribution in [0.2, 0.25) is 5.02 Å². The highest BCUT2D eigenvalue weighted by molar-refractivity contribution is 6.30. The zero-order valence-corrected chi connectivity index (χ0v) is 18.7. The van der Waals surface area contributed by atoms with Crippen molar-refractivity contribution in [1.82, 2.24) is 20.1 Å². The first-order valence-corrected chi connectivity index (χ1v) is 10.6. The summed E-state index contributed by atoms with van der Waals surface area (Å²) >= 11 is 5.86. The first kappa shape index (κ1) is 23.3. The van der Waals surface area contributed by atoms with E-state index < -0.39 is 30.2 Å². The summed E-state index contributed by atoms with van der Waals surface area (Å²) in [5.74, 6) is -2.00. The van der Waals surface area contributed by atoms with Crippen molar-refractivity contribution in [1.29, 1.82) is 0 Å². The number of aliphatic hydroxyl groups is 1. The Morgan fingerprint density at radius 1 is 1.18 bits per heavy atom.